The molecule has 2 atom stereocenters. The van der Waals surface area contributed by atoms with E-state index in [1.54, 1.807) is 0 Å². The molecule has 1 aliphatic heterocycles. The van der Waals surface area contributed by atoms with Crippen LogP contribution in [0.4, 0.5) is 0 Å². The zero-order valence-corrected chi connectivity index (χ0v) is 12.7. The third-order valence-corrected chi connectivity index (χ3v) is 6.05. The normalized spacial score (nSPS) is 23.7. The van der Waals surface area contributed by atoms with Gasteiger partial charge in [0.25, 0.3) is 0 Å². The number of halogens is 1. The van der Waals surface area contributed by atoms with Gasteiger partial charge < -0.3 is 5.73 Å². The zero-order chi connectivity index (χ0) is 14.9. The molecule has 0 aromatic heterocycles. The lowest BCUT2D eigenvalue weighted by atomic mass is 10.1. The van der Waals surface area contributed by atoms with Gasteiger partial charge in [-0.3, -0.25) is 0 Å². The van der Waals surface area contributed by atoms with Crippen LogP contribution in [0, 0.1) is 17.2 Å². The van der Waals surface area contributed by atoms with Gasteiger partial charge >= 0.3 is 0 Å². The molecular weight excluding hydrogens is 298 g/mol. The average molecular weight is 314 g/mol. The highest BCUT2D eigenvalue weighted by molar-refractivity contribution is 7.89. The quantitative estimate of drug-likeness (QED) is 0.917. The van der Waals surface area contributed by atoms with E-state index in [4.69, 9.17) is 22.6 Å². The van der Waals surface area contributed by atoms with Gasteiger partial charge in [-0.1, -0.05) is 11.6 Å². The minimum Gasteiger partial charge on any atom is -0.330 e. The van der Waals surface area contributed by atoms with Crippen molar-refractivity contribution in [1.29, 1.82) is 5.26 Å². The highest BCUT2D eigenvalue weighted by atomic mass is 35.5. The molecule has 0 saturated carbocycles. The second-order valence-corrected chi connectivity index (χ2v) is 7.28. The molecule has 108 valence electrons. The summed E-state index contributed by atoms with van der Waals surface area (Å²) in [6.45, 7) is 2.71. The second-order valence-electron chi connectivity index (χ2n) is 5.02. The van der Waals surface area contributed by atoms with Crippen LogP contribution in [-0.2, 0) is 10.0 Å². The lowest BCUT2D eigenvalue weighted by molar-refractivity contribution is 0.404. The van der Waals surface area contributed by atoms with E-state index in [0.29, 0.717) is 13.1 Å². The molecule has 2 rings (SSSR count). The van der Waals surface area contributed by atoms with Crippen molar-refractivity contribution in [2.24, 2.45) is 11.7 Å². The molecule has 0 radical (unpaired) electrons. The summed E-state index contributed by atoms with van der Waals surface area (Å²) in [6, 6.07) is 6.07. The number of benzene rings is 1. The van der Waals surface area contributed by atoms with Crippen LogP contribution in [0.3, 0.4) is 0 Å². The van der Waals surface area contributed by atoms with Crippen LogP contribution in [0.15, 0.2) is 23.1 Å². The third-order valence-electron chi connectivity index (χ3n) is 3.58. The SMILES string of the molecule is CC1CC(CN)CN1S(=O)(=O)c1cc(C#N)ccc1Cl. The van der Waals surface area contributed by atoms with Crippen LogP contribution in [0.1, 0.15) is 18.9 Å². The Bertz CT molecular complexity index is 654. The molecule has 1 aromatic carbocycles. The Balaban J connectivity index is 2.44. The van der Waals surface area contributed by atoms with Gasteiger partial charge in [0.2, 0.25) is 10.0 Å². The zero-order valence-electron chi connectivity index (χ0n) is 11.1. The van der Waals surface area contributed by atoms with Crippen molar-refractivity contribution in [3.05, 3.63) is 28.8 Å². The highest BCUT2D eigenvalue weighted by Crippen LogP contribution is 2.32. The predicted molar refractivity (Wildman–Crippen MR) is 76.7 cm³/mol. The summed E-state index contributed by atoms with van der Waals surface area (Å²) >= 11 is 5.99. The maximum atomic E-state index is 12.7. The van der Waals surface area contributed by atoms with Crippen LogP contribution >= 0.6 is 11.6 Å². The van der Waals surface area contributed by atoms with Crippen molar-refractivity contribution in [1.82, 2.24) is 4.31 Å². The molecule has 1 aliphatic rings. The Labute approximate surface area is 124 Å². The van der Waals surface area contributed by atoms with Gasteiger partial charge in [-0.2, -0.15) is 9.57 Å². The van der Waals surface area contributed by atoms with Crippen LogP contribution in [-0.4, -0.2) is 31.9 Å². The molecule has 2 N–H and O–H groups in total. The fraction of sp³-hybridized carbons (Fsp3) is 0.462. The second kappa shape index (κ2) is 5.70. The number of rotatable bonds is 3. The van der Waals surface area contributed by atoms with Crippen LogP contribution < -0.4 is 5.73 Å². The van der Waals surface area contributed by atoms with E-state index in [2.05, 4.69) is 0 Å². The molecule has 0 amide bonds. The first-order chi connectivity index (χ1) is 9.40. The van der Waals surface area contributed by atoms with E-state index in [-0.39, 0.29) is 27.4 Å². The molecule has 1 saturated heterocycles. The minimum atomic E-state index is -3.70. The summed E-state index contributed by atoms with van der Waals surface area (Å²) in [5.74, 6) is 0.165. The van der Waals surface area contributed by atoms with E-state index in [9.17, 15) is 8.42 Å². The molecule has 5 nitrogen and oxygen atoms in total. The summed E-state index contributed by atoms with van der Waals surface area (Å²) in [4.78, 5) is -0.0114. The highest BCUT2D eigenvalue weighted by Gasteiger charge is 2.38. The summed E-state index contributed by atoms with van der Waals surface area (Å²) in [6.07, 6.45) is 0.741. The molecular formula is C13H16ClN3O2S. The smallest absolute Gasteiger partial charge is 0.244 e. The molecule has 1 heterocycles. The fourth-order valence-corrected chi connectivity index (χ4v) is 4.73. The lowest BCUT2D eigenvalue weighted by Gasteiger charge is -2.21. The van der Waals surface area contributed by atoms with Gasteiger partial charge in [-0.25, -0.2) is 8.42 Å². The van der Waals surface area contributed by atoms with Crippen LogP contribution in [0.25, 0.3) is 0 Å². The Morgan fingerprint density at radius 1 is 1.55 bits per heavy atom. The minimum absolute atomic E-state index is 0.0114. The number of sulfonamides is 1. The van der Waals surface area contributed by atoms with Crippen molar-refractivity contribution < 1.29 is 8.42 Å². The Kier molecular flexibility index (Phi) is 4.35. The number of nitriles is 1. The van der Waals surface area contributed by atoms with E-state index in [1.165, 1.54) is 22.5 Å². The van der Waals surface area contributed by atoms with Gasteiger partial charge in [0.1, 0.15) is 4.90 Å². The van der Waals surface area contributed by atoms with Crippen molar-refractivity contribution in [2.45, 2.75) is 24.3 Å². The average Bonchev–Trinajstić information content (AvgIpc) is 2.81. The Morgan fingerprint density at radius 2 is 2.25 bits per heavy atom. The monoisotopic (exact) mass is 313 g/mol. The molecule has 1 aromatic rings. The molecule has 7 heteroatoms. The number of hydrogen-bond donors (Lipinski definition) is 1. The summed E-state index contributed by atoms with van der Waals surface area (Å²) in [7, 11) is -3.70. The van der Waals surface area contributed by atoms with E-state index >= 15 is 0 Å². The van der Waals surface area contributed by atoms with Gasteiger partial charge in [0.05, 0.1) is 16.7 Å². The summed E-state index contributed by atoms with van der Waals surface area (Å²) in [5, 5.41) is 9.03. The Hall–Kier alpha value is -1.13. The van der Waals surface area contributed by atoms with E-state index in [0.717, 1.165) is 6.42 Å². The molecule has 0 spiro atoms. The van der Waals surface area contributed by atoms with Crippen molar-refractivity contribution in [3.63, 3.8) is 0 Å². The van der Waals surface area contributed by atoms with Crippen molar-refractivity contribution in [3.8, 4) is 6.07 Å². The molecule has 2 unspecified atom stereocenters. The Morgan fingerprint density at radius 3 is 2.80 bits per heavy atom. The number of nitrogens with two attached hydrogens (primary N) is 1. The maximum Gasteiger partial charge on any atom is 0.244 e. The number of nitrogens with zero attached hydrogens (tertiary/aromatic N) is 2. The van der Waals surface area contributed by atoms with Crippen LogP contribution in [0.2, 0.25) is 5.02 Å². The van der Waals surface area contributed by atoms with E-state index in [1.807, 2.05) is 13.0 Å². The largest absolute Gasteiger partial charge is 0.330 e. The molecule has 1 fully saturated rings. The van der Waals surface area contributed by atoms with E-state index < -0.39 is 10.0 Å². The van der Waals surface area contributed by atoms with Crippen LogP contribution in [0.5, 0.6) is 0 Å². The summed E-state index contributed by atoms with van der Waals surface area (Å²) < 4.78 is 26.8. The van der Waals surface area contributed by atoms with Gasteiger partial charge in [0, 0.05) is 12.6 Å². The predicted octanol–water partition coefficient (Wildman–Crippen LogP) is 1.57. The topological polar surface area (TPSA) is 87.2 Å². The van der Waals surface area contributed by atoms with Crippen molar-refractivity contribution >= 4 is 21.6 Å². The fourth-order valence-electron chi connectivity index (χ4n) is 2.51. The van der Waals surface area contributed by atoms with Gasteiger partial charge in [-0.15, -0.1) is 0 Å². The first-order valence-electron chi connectivity index (χ1n) is 6.31. The first-order valence-corrected chi connectivity index (χ1v) is 8.13. The first kappa shape index (κ1) is 15.3. The number of hydrogen-bond acceptors (Lipinski definition) is 4. The summed E-state index contributed by atoms with van der Waals surface area (Å²) in [5.41, 5.74) is 5.90. The van der Waals surface area contributed by atoms with Crippen molar-refractivity contribution in [2.75, 3.05) is 13.1 Å². The van der Waals surface area contributed by atoms with Gasteiger partial charge in [0.15, 0.2) is 0 Å². The lowest BCUT2D eigenvalue weighted by Crippen LogP contribution is -2.34. The maximum absolute atomic E-state index is 12.7. The molecule has 0 bridgehead atoms. The molecule has 0 aliphatic carbocycles. The third kappa shape index (κ3) is 2.67. The standard InChI is InChI=1S/C13H16ClN3O2S/c1-9-4-11(7-16)8-17(9)20(18,19)13-5-10(6-15)2-3-12(13)14/h2-3,5,9,11H,4,7-8,16H2,1H3. The molecule has 20 heavy (non-hydrogen) atoms. The van der Waals surface area contributed by atoms with Gasteiger partial charge in [-0.05, 0) is 44.0 Å².